The summed E-state index contributed by atoms with van der Waals surface area (Å²) in [7, 11) is 1.64. The second-order valence-electron chi connectivity index (χ2n) is 5.76. The molecule has 0 aromatic carbocycles. The molecule has 0 bridgehead atoms. The average Bonchev–Trinajstić information content (AvgIpc) is 2.45. The summed E-state index contributed by atoms with van der Waals surface area (Å²) in [5.74, 6) is -0.268. The van der Waals surface area contributed by atoms with E-state index in [-0.39, 0.29) is 22.9 Å². The number of alkyl halides is 2. The summed E-state index contributed by atoms with van der Waals surface area (Å²) >= 11 is 11.8. The van der Waals surface area contributed by atoms with Crippen LogP contribution in [-0.2, 0) is 7.05 Å². The highest BCUT2D eigenvalue weighted by Gasteiger charge is 2.22. The first kappa shape index (κ1) is 18.1. The van der Waals surface area contributed by atoms with Crippen LogP contribution < -0.4 is 5.56 Å². The third-order valence-electron chi connectivity index (χ3n) is 4.24. The fraction of sp³-hybridized carbons (Fsp3) is 0.667. The van der Waals surface area contributed by atoms with Crippen molar-refractivity contribution in [2.75, 3.05) is 0 Å². The molecule has 4 nitrogen and oxygen atoms in total. The minimum atomic E-state index is -0.561. The van der Waals surface area contributed by atoms with E-state index < -0.39 is 3.74 Å². The Balaban J connectivity index is 2.48. The third kappa shape index (κ3) is 3.97. The van der Waals surface area contributed by atoms with Crippen molar-refractivity contribution in [3.63, 3.8) is 0 Å². The molecule has 0 amide bonds. The molecule has 0 spiro atoms. The van der Waals surface area contributed by atoms with Gasteiger partial charge in [0.1, 0.15) is 9.30 Å². The molecule has 1 heterocycles. The number of rotatable bonds is 3. The van der Waals surface area contributed by atoms with Crippen LogP contribution in [0.5, 0.6) is 0 Å². The van der Waals surface area contributed by atoms with Crippen molar-refractivity contribution in [1.29, 1.82) is 0 Å². The lowest BCUT2D eigenvalue weighted by molar-refractivity contribution is 0.101. The number of nitrogens with zero attached hydrogens (tertiary/aromatic N) is 2. The van der Waals surface area contributed by atoms with Crippen LogP contribution in [-0.4, -0.2) is 18.7 Å². The topological polar surface area (TPSA) is 44.0 Å². The zero-order valence-electron chi connectivity index (χ0n) is 12.6. The van der Waals surface area contributed by atoms with Gasteiger partial charge in [0, 0.05) is 19.3 Å². The minimum absolute atomic E-state index is 0.178. The van der Waals surface area contributed by atoms with Gasteiger partial charge in [0.2, 0.25) is 0 Å². The van der Waals surface area contributed by atoms with Crippen LogP contribution in [0.3, 0.4) is 0 Å². The van der Waals surface area contributed by atoms with Crippen LogP contribution in [0.2, 0.25) is 0 Å². The number of hydrogen-bond donors (Lipinski definition) is 0. The number of carbonyl (C=O) groups excluding carboxylic acids is 1. The summed E-state index contributed by atoms with van der Waals surface area (Å²) in [6, 6.07) is 0.273. The van der Waals surface area contributed by atoms with Gasteiger partial charge in [0.05, 0.1) is 0 Å². The number of halogens is 2. The molecule has 22 heavy (non-hydrogen) atoms. The summed E-state index contributed by atoms with van der Waals surface area (Å²) in [6.07, 6.45) is 9.87. The Bertz CT molecular complexity index is 658. The fourth-order valence-electron chi connectivity index (χ4n) is 2.95. The number of Topliss-reactive ketones (excluding diaryl/α,β-unsaturated/α-hetero) is 1. The van der Waals surface area contributed by atoms with Crippen LogP contribution in [0.4, 0.5) is 0 Å². The summed E-state index contributed by atoms with van der Waals surface area (Å²) in [6.45, 7) is 0. The lowest BCUT2D eigenvalue weighted by Gasteiger charge is -2.24. The van der Waals surface area contributed by atoms with E-state index in [1.165, 1.54) is 23.8 Å². The molecule has 1 aromatic heterocycles. The van der Waals surface area contributed by atoms with Gasteiger partial charge in [-0.1, -0.05) is 64.0 Å². The van der Waals surface area contributed by atoms with Crippen molar-refractivity contribution in [3.05, 3.63) is 26.9 Å². The molecule has 1 aromatic rings. The summed E-state index contributed by atoms with van der Waals surface area (Å²) < 4.78 is 3.30. The highest BCUT2D eigenvalue weighted by molar-refractivity contribution is 9.25. The van der Waals surface area contributed by atoms with Crippen LogP contribution in [0, 0.1) is 4.77 Å². The second-order valence-corrected chi connectivity index (χ2v) is 9.19. The van der Waals surface area contributed by atoms with E-state index in [9.17, 15) is 9.59 Å². The third-order valence-corrected chi connectivity index (χ3v) is 5.56. The standard InChI is InChI=1S/C15H20Br2N2O2S/c1-18-14(21)11(12(20)13(16)17)9-19(15(18)22)10-7-5-3-2-4-6-8-10/h9-10,13H,2-8H2,1H3. The number of aromatic nitrogens is 2. The molecule has 1 fully saturated rings. The maximum absolute atomic E-state index is 12.3. The molecule has 1 aliphatic carbocycles. The highest BCUT2D eigenvalue weighted by Crippen LogP contribution is 2.27. The van der Waals surface area contributed by atoms with Crippen molar-refractivity contribution in [3.8, 4) is 0 Å². The summed E-state index contributed by atoms with van der Waals surface area (Å²) in [5.41, 5.74) is -0.155. The Kier molecular flexibility index (Phi) is 6.58. The lowest BCUT2D eigenvalue weighted by Crippen LogP contribution is -2.31. The maximum Gasteiger partial charge on any atom is 0.264 e. The first-order chi connectivity index (χ1) is 10.4. The molecule has 0 aliphatic heterocycles. The number of carbonyl (C=O) groups is 1. The molecule has 1 aliphatic rings. The molecule has 2 rings (SSSR count). The van der Waals surface area contributed by atoms with Gasteiger partial charge in [-0.05, 0) is 25.1 Å². The van der Waals surface area contributed by atoms with Gasteiger partial charge < -0.3 is 4.57 Å². The molecule has 122 valence electrons. The van der Waals surface area contributed by atoms with Crippen molar-refractivity contribution < 1.29 is 4.79 Å². The van der Waals surface area contributed by atoms with Gasteiger partial charge >= 0.3 is 0 Å². The quantitative estimate of drug-likeness (QED) is 0.386. The smallest absolute Gasteiger partial charge is 0.264 e. The van der Waals surface area contributed by atoms with E-state index in [4.69, 9.17) is 12.2 Å². The minimum Gasteiger partial charge on any atom is -0.321 e. The van der Waals surface area contributed by atoms with Crippen LogP contribution in [0.1, 0.15) is 61.3 Å². The molecular formula is C15H20Br2N2O2S. The van der Waals surface area contributed by atoms with Crippen molar-refractivity contribution in [1.82, 2.24) is 9.13 Å². The van der Waals surface area contributed by atoms with Crippen LogP contribution in [0.15, 0.2) is 11.0 Å². The predicted octanol–water partition coefficient (Wildman–Crippen LogP) is 4.50. The normalized spacial score (nSPS) is 17.3. The molecule has 0 unspecified atom stereocenters. The average molecular weight is 452 g/mol. The first-order valence-electron chi connectivity index (χ1n) is 7.58. The largest absolute Gasteiger partial charge is 0.321 e. The zero-order chi connectivity index (χ0) is 16.3. The van der Waals surface area contributed by atoms with E-state index in [0.29, 0.717) is 4.77 Å². The van der Waals surface area contributed by atoms with Crippen LogP contribution >= 0.6 is 44.1 Å². The molecule has 0 atom stereocenters. The molecule has 7 heteroatoms. The highest BCUT2D eigenvalue weighted by atomic mass is 79.9. The summed E-state index contributed by atoms with van der Waals surface area (Å²) in [5, 5.41) is 0. The van der Waals surface area contributed by atoms with Crippen molar-refractivity contribution in [2.45, 2.75) is 54.7 Å². The predicted molar refractivity (Wildman–Crippen MR) is 97.8 cm³/mol. The van der Waals surface area contributed by atoms with Gasteiger partial charge in [-0.15, -0.1) is 0 Å². The van der Waals surface area contributed by atoms with E-state index in [0.717, 1.165) is 25.7 Å². The molecule has 1 saturated carbocycles. The Morgan fingerprint density at radius 3 is 2.32 bits per heavy atom. The van der Waals surface area contributed by atoms with Crippen molar-refractivity contribution >= 4 is 49.9 Å². The molecule has 0 N–H and O–H groups in total. The van der Waals surface area contributed by atoms with Gasteiger partial charge in [-0.2, -0.15) is 0 Å². The SMILES string of the molecule is Cn1c(=O)c(C(=O)C(Br)Br)cn(C2CCCCCCC2)c1=S. The van der Waals surface area contributed by atoms with Gasteiger partial charge in [-0.3, -0.25) is 14.2 Å². The van der Waals surface area contributed by atoms with E-state index in [1.54, 1.807) is 13.2 Å². The Morgan fingerprint density at radius 1 is 1.23 bits per heavy atom. The first-order valence-corrected chi connectivity index (χ1v) is 9.82. The number of ketones is 1. The van der Waals surface area contributed by atoms with E-state index in [2.05, 4.69) is 31.9 Å². The Hall–Kier alpha value is -0.270. The maximum atomic E-state index is 12.3. The Morgan fingerprint density at radius 2 is 1.77 bits per heavy atom. The monoisotopic (exact) mass is 450 g/mol. The summed E-state index contributed by atoms with van der Waals surface area (Å²) in [4.78, 5) is 24.5. The molecular weight excluding hydrogens is 432 g/mol. The van der Waals surface area contributed by atoms with E-state index in [1.807, 2.05) is 4.57 Å². The molecule has 0 saturated heterocycles. The van der Waals surface area contributed by atoms with Crippen molar-refractivity contribution in [2.24, 2.45) is 7.05 Å². The van der Waals surface area contributed by atoms with Gasteiger partial charge in [0.15, 0.2) is 10.6 Å². The Labute approximate surface area is 152 Å². The molecule has 0 radical (unpaired) electrons. The lowest BCUT2D eigenvalue weighted by atomic mass is 9.96. The zero-order valence-corrected chi connectivity index (χ0v) is 16.5. The number of hydrogen-bond acceptors (Lipinski definition) is 3. The second kappa shape index (κ2) is 8.02. The fourth-order valence-corrected chi connectivity index (χ4v) is 3.73. The van der Waals surface area contributed by atoms with Gasteiger partial charge in [0.25, 0.3) is 5.56 Å². The van der Waals surface area contributed by atoms with Crippen LogP contribution in [0.25, 0.3) is 0 Å². The van der Waals surface area contributed by atoms with Gasteiger partial charge in [-0.25, -0.2) is 0 Å². The van der Waals surface area contributed by atoms with E-state index >= 15 is 0 Å².